The first-order valence-electron chi connectivity index (χ1n) is 11.1. The van der Waals surface area contributed by atoms with E-state index in [1.54, 1.807) is 45.3 Å². The van der Waals surface area contributed by atoms with Gasteiger partial charge >= 0.3 is 75.4 Å². The molecule has 0 saturated carbocycles. The Kier molecular flexibility index (Phi) is 14.5. The van der Waals surface area contributed by atoms with E-state index in [0.717, 1.165) is 25.9 Å². The van der Waals surface area contributed by atoms with E-state index in [2.05, 4.69) is 81.9 Å². The third kappa shape index (κ3) is 7.33. The van der Waals surface area contributed by atoms with Crippen molar-refractivity contribution < 1.29 is 75.4 Å². The maximum atomic E-state index is 3.22. The van der Waals surface area contributed by atoms with E-state index in [9.17, 15) is 0 Å². The zero-order valence-electron chi connectivity index (χ0n) is 22.3. The monoisotopic (exact) mass is 540 g/mol. The quantitative estimate of drug-likeness (QED) is 0.105. The summed E-state index contributed by atoms with van der Waals surface area (Å²) in [5.74, 6) is 0. The van der Waals surface area contributed by atoms with Crippen LogP contribution in [0.15, 0.2) is 70.1 Å². The van der Waals surface area contributed by atoms with Gasteiger partial charge in [0.2, 0.25) is 0 Å². The van der Waals surface area contributed by atoms with Crippen LogP contribution >= 0.6 is 45.3 Å². The van der Waals surface area contributed by atoms with Gasteiger partial charge < -0.3 is 9.13 Å². The molecule has 0 aromatic carbocycles. The van der Waals surface area contributed by atoms with Crippen LogP contribution in [0.25, 0.3) is 42.3 Å². The van der Waals surface area contributed by atoms with Crippen LogP contribution < -0.4 is 75.4 Å². The number of hydrogen-bond acceptors (Lipinski definition) is 4. The second-order valence-corrected chi connectivity index (χ2v) is 11.5. The summed E-state index contributed by atoms with van der Waals surface area (Å²) in [6.07, 6.45) is 2.20. The van der Waals surface area contributed by atoms with Gasteiger partial charge in [-0.15, -0.1) is 41.0 Å². The summed E-state index contributed by atoms with van der Waals surface area (Å²) in [6.45, 7) is 1.97. The van der Waals surface area contributed by atoms with Crippen molar-refractivity contribution in [3.05, 3.63) is 94.3 Å². The van der Waals surface area contributed by atoms with Gasteiger partial charge in [-0.25, -0.2) is 48.5 Å². The first kappa shape index (κ1) is 34.0. The minimum Gasteiger partial charge on any atom is -0.372 e. The molecule has 6 rings (SSSR count). The summed E-state index contributed by atoms with van der Waals surface area (Å²) >= 11 is 7.00. The number of unbranched alkanes of at least 4 members (excludes halogenated alkanes) is 1. The molecule has 0 N–H and O–H groups in total. The summed E-state index contributed by atoms with van der Waals surface area (Å²) in [5, 5.41) is 8.13. The topological polar surface area (TPSA) is 9.86 Å². The van der Waals surface area contributed by atoms with Crippen molar-refractivity contribution in [1.29, 1.82) is 0 Å². The van der Waals surface area contributed by atoms with Gasteiger partial charge in [0.05, 0.1) is 0 Å². The molecular weight excluding hydrogens is 520 g/mol. The van der Waals surface area contributed by atoms with Crippen LogP contribution in [0, 0.1) is 24.3 Å². The zero-order chi connectivity index (χ0) is 22.7. The molecule has 6 aromatic heterocycles. The SMILES string of the molecule is [Li+].[Li+].[Li+].[Li+].[c-]1csc(-c2ccc(-c3c[c-]cs3)n2CCCCn2c(-c3c[c-]cs3)ccc2-c2c[c-]cs2)c1. The smallest absolute Gasteiger partial charge is 0.372 e. The summed E-state index contributed by atoms with van der Waals surface area (Å²) < 4.78 is 4.94. The van der Waals surface area contributed by atoms with E-state index in [1.165, 1.54) is 42.3 Å². The fourth-order valence-electron chi connectivity index (χ4n) is 4.32. The van der Waals surface area contributed by atoms with Crippen molar-refractivity contribution in [3.63, 3.8) is 0 Å². The molecular formula is C28H20Li4N2S4. The van der Waals surface area contributed by atoms with Crippen LogP contribution in [0.5, 0.6) is 0 Å². The summed E-state index contributed by atoms with van der Waals surface area (Å²) in [7, 11) is 0. The van der Waals surface area contributed by atoms with Crippen molar-refractivity contribution in [2.24, 2.45) is 0 Å². The normalized spacial score (nSPS) is 10.2. The van der Waals surface area contributed by atoms with Crippen LogP contribution in [-0.2, 0) is 13.1 Å². The molecule has 0 unspecified atom stereocenters. The standard InChI is InChI=1S/C28H20N2S4.4Li/c1(15-29-21(25-7-3-17-31-25)11-12-22(29)26-8-4-18-32-26)2-16-30-23(27-9-5-19-33-27)13-14-24(30)28-10-6-20-34-28;;;;/h7-14,17-20H,1-2,15-16H2;;;;/q-4;4*+1. The van der Waals surface area contributed by atoms with Crippen LogP contribution in [0.3, 0.4) is 0 Å². The molecule has 0 spiro atoms. The number of thiophene rings is 4. The van der Waals surface area contributed by atoms with Gasteiger partial charge in [-0.1, -0.05) is 24.3 Å². The molecule has 0 amide bonds. The maximum Gasteiger partial charge on any atom is 1.00 e. The van der Waals surface area contributed by atoms with Crippen LogP contribution in [0.4, 0.5) is 0 Å². The summed E-state index contributed by atoms with van der Waals surface area (Å²) in [4.78, 5) is 5.07. The Hall–Kier alpha value is -0.250. The van der Waals surface area contributed by atoms with Gasteiger partial charge in [0, 0.05) is 13.1 Å². The van der Waals surface area contributed by atoms with Gasteiger partial charge in [0.1, 0.15) is 0 Å². The molecule has 38 heavy (non-hydrogen) atoms. The zero-order valence-corrected chi connectivity index (χ0v) is 25.6. The predicted molar refractivity (Wildman–Crippen MR) is 147 cm³/mol. The molecule has 0 fully saturated rings. The van der Waals surface area contributed by atoms with Gasteiger partial charge in [-0.3, -0.25) is 45.3 Å². The first-order valence-corrected chi connectivity index (χ1v) is 14.6. The summed E-state index contributed by atoms with van der Waals surface area (Å²) in [6, 6.07) is 30.2. The van der Waals surface area contributed by atoms with E-state index in [-0.39, 0.29) is 75.4 Å². The Morgan fingerprint density at radius 1 is 0.447 bits per heavy atom. The number of hydrogen-bond donors (Lipinski definition) is 0. The van der Waals surface area contributed by atoms with E-state index in [4.69, 9.17) is 0 Å². The largest absolute Gasteiger partial charge is 1.00 e. The minimum absolute atomic E-state index is 0. The molecule has 6 heterocycles. The Morgan fingerprint density at radius 2 is 0.711 bits per heavy atom. The van der Waals surface area contributed by atoms with E-state index in [0.29, 0.717) is 0 Å². The molecule has 2 nitrogen and oxygen atoms in total. The average molecular weight is 541 g/mol. The van der Waals surface area contributed by atoms with Gasteiger partial charge in [0.25, 0.3) is 0 Å². The maximum absolute atomic E-state index is 3.22. The molecule has 170 valence electrons. The summed E-state index contributed by atoms with van der Waals surface area (Å²) in [5.41, 5.74) is 5.11. The Morgan fingerprint density at radius 3 is 0.921 bits per heavy atom. The Balaban J connectivity index is 0.00000127. The average Bonchev–Trinajstić information content (AvgIpc) is 3.69. The van der Waals surface area contributed by atoms with Gasteiger partial charge in [-0.05, 0) is 35.6 Å². The Bertz CT molecular complexity index is 1230. The van der Waals surface area contributed by atoms with Crippen molar-refractivity contribution in [1.82, 2.24) is 9.13 Å². The van der Waals surface area contributed by atoms with Gasteiger partial charge in [0.15, 0.2) is 0 Å². The molecule has 10 heteroatoms. The molecule has 0 saturated heterocycles. The number of aromatic nitrogens is 2. The van der Waals surface area contributed by atoms with Crippen LogP contribution in [0.1, 0.15) is 12.8 Å². The van der Waals surface area contributed by atoms with Crippen molar-refractivity contribution in [2.75, 3.05) is 0 Å². The fourth-order valence-corrected chi connectivity index (χ4v) is 7.11. The molecule has 0 aliphatic heterocycles. The second kappa shape index (κ2) is 16.3. The van der Waals surface area contributed by atoms with Crippen LogP contribution in [-0.4, -0.2) is 9.13 Å². The van der Waals surface area contributed by atoms with Crippen molar-refractivity contribution >= 4 is 45.3 Å². The first-order chi connectivity index (χ1) is 16.9. The predicted octanol–water partition coefficient (Wildman–Crippen LogP) is -3.10. The second-order valence-electron chi connectivity index (χ2n) is 7.86. The van der Waals surface area contributed by atoms with Crippen molar-refractivity contribution in [2.45, 2.75) is 25.9 Å². The van der Waals surface area contributed by atoms with Crippen molar-refractivity contribution in [3.8, 4) is 42.3 Å². The van der Waals surface area contributed by atoms with Gasteiger partial charge in [-0.2, -0.15) is 0 Å². The third-order valence-electron chi connectivity index (χ3n) is 5.86. The van der Waals surface area contributed by atoms with Crippen LogP contribution in [0.2, 0.25) is 0 Å². The number of nitrogens with zero attached hydrogens (tertiary/aromatic N) is 2. The minimum atomic E-state index is 0. The fraction of sp³-hybridized carbons (Fsp3) is 0.143. The molecule has 0 aliphatic carbocycles. The molecule has 6 aromatic rings. The molecule has 0 radical (unpaired) electrons. The molecule has 0 bridgehead atoms. The van der Waals surface area contributed by atoms with E-state index >= 15 is 0 Å². The Labute approximate surface area is 289 Å². The third-order valence-corrected chi connectivity index (χ3v) is 9.20. The molecule has 0 atom stereocenters. The van der Waals surface area contributed by atoms with E-state index in [1.807, 2.05) is 21.5 Å². The van der Waals surface area contributed by atoms with E-state index < -0.39 is 0 Å². The molecule has 0 aliphatic rings. The number of rotatable bonds is 9.